The molecule has 15 heavy (non-hydrogen) atoms. The van der Waals surface area contributed by atoms with Gasteiger partial charge in [-0.3, -0.25) is 0 Å². The minimum atomic E-state index is 0.928. The van der Waals surface area contributed by atoms with Crippen molar-refractivity contribution in [3.63, 3.8) is 0 Å². The van der Waals surface area contributed by atoms with Crippen LogP contribution < -0.4 is 0 Å². The summed E-state index contributed by atoms with van der Waals surface area (Å²) in [6.45, 7) is 4.90. The number of rotatable bonds is 2. The summed E-state index contributed by atoms with van der Waals surface area (Å²) in [7, 11) is 0. The maximum Gasteiger partial charge on any atom is -0.0355 e. The van der Waals surface area contributed by atoms with Crippen LogP contribution in [-0.2, 0) is 0 Å². The largest absolute Gasteiger partial charge is 0.0625 e. The van der Waals surface area contributed by atoms with Crippen LogP contribution in [0, 0.1) is 23.7 Å². The van der Waals surface area contributed by atoms with Gasteiger partial charge in [0.15, 0.2) is 0 Å². The maximum absolute atomic E-state index is 2.45. The molecular formula is C15H28. The van der Waals surface area contributed by atoms with Crippen LogP contribution in [-0.4, -0.2) is 0 Å². The second-order valence-corrected chi connectivity index (χ2v) is 6.25. The molecule has 0 heterocycles. The van der Waals surface area contributed by atoms with E-state index < -0.39 is 0 Å². The predicted octanol–water partition coefficient (Wildman–Crippen LogP) is 5.03. The Labute approximate surface area is 95.8 Å². The monoisotopic (exact) mass is 208 g/mol. The van der Waals surface area contributed by atoms with Crippen LogP contribution in [0.15, 0.2) is 0 Å². The molecule has 0 unspecified atom stereocenters. The zero-order valence-electron chi connectivity index (χ0n) is 10.7. The molecule has 0 nitrogen and oxygen atoms in total. The molecule has 0 N–H and O–H groups in total. The predicted molar refractivity (Wildman–Crippen MR) is 66.9 cm³/mol. The lowest BCUT2D eigenvalue weighted by atomic mass is 9.65. The Morgan fingerprint density at radius 1 is 0.733 bits per heavy atom. The lowest BCUT2D eigenvalue weighted by Crippen LogP contribution is -2.31. The summed E-state index contributed by atoms with van der Waals surface area (Å²) in [6, 6.07) is 0. The molecule has 2 saturated carbocycles. The van der Waals surface area contributed by atoms with Crippen LogP contribution in [0.25, 0.3) is 0 Å². The summed E-state index contributed by atoms with van der Waals surface area (Å²) in [5.41, 5.74) is 0. The summed E-state index contributed by atoms with van der Waals surface area (Å²) in [5.74, 6) is 4.18. The molecule has 0 saturated heterocycles. The molecule has 0 radical (unpaired) electrons. The van der Waals surface area contributed by atoms with Gasteiger partial charge in [0.05, 0.1) is 0 Å². The molecule has 2 fully saturated rings. The normalized spacial score (nSPS) is 34.6. The van der Waals surface area contributed by atoms with Gasteiger partial charge in [-0.05, 0) is 36.5 Å². The molecule has 0 spiro atoms. The topological polar surface area (TPSA) is 0 Å². The van der Waals surface area contributed by atoms with Crippen LogP contribution in [0.4, 0.5) is 0 Å². The quantitative estimate of drug-likeness (QED) is 0.597. The van der Waals surface area contributed by atoms with Gasteiger partial charge in [0, 0.05) is 0 Å². The fraction of sp³-hybridized carbons (Fsp3) is 1.00. The van der Waals surface area contributed by atoms with Crippen LogP contribution in [0.3, 0.4) is 0 Å². The van der Waals surface area contributed by atoms with Crippen molar-refractivity contribution in [1.82, 2.24) is 0 Å². The molecule has 0 aromatic carbocycles. The van der Waals surface area contributed by atoms with Crippen LogP contribution >= 0.6 is 0 Å². The van der Waals surface area contributed by atoms with E-state index in [0.717, 1.165) is 23.7 Å². The first-order valence-corrected chi connectivity index (χ1v) is 7.29. The van der Waals surface area contributed by atoms with E-state index in [1.165, 1.54) is 38.5 Å². The van der Waals surface area contributed by atoms with Crippen molar-refractivity contribution < 1.29 is 0 Å². The molecule has 88 valence electrons. The van der Waals surface area contributed by atoms with Crippen LogP contribution in [0.1, 0.15) is 71.6 Å². The smallest absolute Gasteiger partial charge is 0.0355 e. The minimum absolute atomic E-state index is 0.928. The second kappa shape index (κ2) is 5.37. The van der Waals surface area contributed by atoms with Crippen molar-refractivity contribution in [3.05, 3.63) is 0 Å². The molecule has 0 aromatic rings. The Hall–Kier alpha value is 0. The third kappa shape index (κ3) is 2.77. The van der Waals surface area contributed by atoms with Crippen LogP contribution in [0.5, 0.6) is 0 Å². The molecule has 2 aliphatic rings. The van der Waals surface area contributed by atoms with Gasteiger partial charge in [0.2, 0.25) is 0 Å². The number of hydrogen-bond donors (Lipinski definition) is 0. The van der Waals surface area contributed by atoms with Gasteiger partial charge in [-0.2, -0.15) is 0 Å². The zero-order chi connectivity index (χ0) is 10.7. The fourth-order valence-corrected chi connectivity index (χ4v) is 4.16. The summed E-state index contributed by atoms with van der Waals surface area (Å²) < 4.78 is 0. The first kappa shape index (κ1) is 11.5. The van der Waals surface area contributed by atoms with Crippen molar-refractivity contribution in [2.24, 2.45) is 23.7 Å². The Balaban J connectivity index is 1.96. The highest BCUT2D eigenvalue weighted by molar-refractivity contribution is 4.84. The SMILES string of the molecule is CC(C)[C@@H]1CCCC[C@@H]1C1CCCCC1. The molecule has 0 amide bonds. The van der Waals surface area contributed by atoms with Crippen molar-refractivity contribution in [1.29, 1.82) is 0 Å². The lowest BCUT2D eigenvalue weighted by molar-refractivity contribution is 0.0968. The first-order valence-electron chi connectivity index (χ1n) is 7.29. The molecule has 0 heteroatoms. The average Bonchev–Trinajstić information content (AvgIpc) is 2.30. The van der Waals surface area contributed by atoms with Crippen molar-refractivity contribution in [2.75, 3.05) is 0 Å². The van der Waals surface area contributed by atoms with Gasteiger partial charge in [-0.25, -0.2) is 0 Å². The van der Waals surface area contributed by atoms with Gasteiger partial charge in [-0.15, -0.1) is 0 Å². The summed E-state index contributed by atoms with van der Waals surface area (Å²) in [6.07, 6.45) is 13.7. The summed E-state index contributed by atoms with van der Waals surface area (Å²) in [5, 5.41) is 0. The van der Waals surface area contributed by atoms with Crippen molar-refractivity contribution >= 4 is 0 Å². The van der Waals surface area contributed by atoms with Crippen molar-refractivity contribution in [3.8, 4) is 0 Å². The van der Waals surface area contributed by atoms with E-state index >= 15 is 0 Å². The average molecular weight is 208 g/mol. The third-order valence-corrected chi connectivity index (χ3v) is 4.99. The van der Waals surface area contributed by atoms with Gasteiger partial charge >= 0.3 is 0 Å². The third-order valence-electron chi connectivity index (χ3n) is 4.99. The molecule has 2 rings (SSSR count). The Bertz CT molecular complexity index is 176. The Morgan fingerprint density at radius 2 is 1.33 bits per heavy atom. The van der Waals surface area contributed by atoms with Crippen molar-refractivity contribution in [2.45, 2.75) is 71.6 Å². The highest BCUT2D eigenvalue weighted by Crippen LogP contribution is 2.44. The van der Waals surface area contributed by atoms with E-state index in [9.17, 15) is 0 Å². The summed E-state index contributed by atoms with van der Waals surface area (Å²) >= 11 is 0. The van der Waals surface area contributed by atoms with E-state index in [1.54, 1.807) is 19.3 Å². The summed E-state index contributed by atoms with van der Waals surface area (Å²) in [4.78, 5) is 0. The molecular weight excluding hydrogens is 180 g/mol. The van der Waals surface area contributed by atoms with E-state index in [2.05, 4.69) is 13.8 Å². The minimum Gasteiger partial charge on any atom is -0.0625 e. The first-order chi connectivity index (χ1) is 7.29. The second-order valence-electron chi connectivity index (χ2n) is 6.25. The Kier molecular flexibility index (Phi) is 4.11. The van der Waals surface area contributed by atoms with E-state index in [1.807, 2.05) is 0 Å². The van der Waals surface area contributed by atoms with Gasteiger partial charge in [0.1, 0.15) is 0 Å². The number of hydrogen-bond acceptors (Lipinski definition) is 0. The van der Waals surface area contributed by atoms with E-state index in [0.29, 0.717) is 0 Å². The molecule has 0 bridgehead atoms. The highest BCUT2D eigenvalue weighted by Gasteiger charge is 2.33. The standard InChI is InChI=1S/C15H28/c1-12(2)14-10-6-7-11-15(14)13-8-4-3-5-9-13/h12-15H,3-11H2,1-2H3/t14-,15+/m0/s1. The molecule has 0 aromatic heterocycles. The van der Waals surface area contributed by atoms with Gasteiger partial charge in [-0.1, -0.05) is 58.8 Å². The molecule has 0 aliphatic heterocycles. The zero-order valence-corrected chi connectivity index (χ0v) is 10.7. The van der Waals surface area contributed by atoms with Gasteiger partial charge in [0.25, 0.3) is 0 Å². The van der Waals surface area contributed by atoms with Gasteiger partial charge < -0.3 is 0 Å². The Morgan fingerprint density at radius 3 is 2.00 bits per heavy atom. The van der Waals surface area contributed by atoms with E-state index in [4.69, 9.17) is 0 Å². The maximum atomic E-state index is 2.45. The lowest BCUT2D eigenvalue weighted by Gasteiger charge is -2.41. The van der Waals surface area contributed by atoms with Crippen LogP contribution in [0.2, 0.25) is 0 Å². The molecule has 2 aliphatic carbocycles. The fourth-order valence-electron chi connectivity index (χ4n) is 4.16. The molecule has 2 atom stereocenters. The highest BCUT2D eigenvalue weighted by atomic mass is 14.4. The van der Waals surface area contributed by atoms with E-state index in [-0.39, 0.29) is 0 Å².